The maximum atomic E-state index is 13.7. The van der Waals surface area contributed by atoms with Gasteiger partial charge in [0.05, 0.1) is 18.8 Å². The number of carbonyl (C=O) groups excluding carboxylic acids is 1. The highest BCUT2D eigenvalue weighted by atomic mass is 19.1. The molecule has 0 fully saturated rings. The van der Waals surface area contributed by atoms with E-state index in [1.807, 2.05) is 6.08 Å². The SMILES string of the molecule is O=C(NCC1=CCCOC1)c1cc(-c2c(F)cccc2F)no1. The smallest absolute Gasteiger partial charge is 0.290 e. The summed E-state index contributed by atoms with van der Waals surface area (Å²) in [6.07, 6.45) is 2.81. The maximum Gasteiger partial charge on any atom is 0.290 e. The van der Waals surface area contributed by atoms with Gasteiger partial charge in [-0.1, -0.05) is 17.3 Å². The van der Waals surface area contributed by atoms with Crippen LogP contribution < -0.4 is 5.32 Å². The van der Waals surface area contributed by atoms with Crippen LogP contribution >= 0.6 is 0 Å². The van der Waals surface area contributed by atoms with Gasteiger partial charge in [0, 0.05) is 12.6 Å². The van der Waals surface area contributed by atoms with Crippen molar-refractivity contribution in [3.63, 3.8) is 0 Å². The molecular weight excluding hydrogens is 306 g/mol. The Balaban J connectivity index is 1.71. The van der Waals surface area contributed by atoms with Crippen LogP contribution in [0.3, 0.4) is 0 Å². The normalized spacial score (nSPS) is 14.4. The number of hydrogen-bond donors (Lipinski definition) is 1. The lowest BCUT2D eigenvalue weighted by Crippen LogP contribution is -2.27. The Kier molecular flexibility index (Phi) is 4.47. The summed E-state index contributed by atoms with van der Waals surface area (Å²) in [5.74, 6) is -2.16. The molecule has 0 saturated carbocycles. The molecule has 1 aromatic carbocycles. The van der Waals surface area contributed by atoms with E-state index in [0.29, 0.717) is 19.8 Å². The van der Waals surface area contributed by atoms with Crippen LogP contribution in [0.2, 0.25) is 0 Å². The van der Waals surface area contributed by atoms with Gasteiger partial charge < -0.3 is 14.6 Å². The van der Waals surface area contributed by atoms with E-state index < -0.39 is 17.5 Å². The molecule has 7 heteroatoms. The minimum absolute atomic E-state index is 0.0639. The first kappa shape index (κ1) is 15.4. The number of amides is 1. The van der Waals surface area contributed by atoms with Crippen molar-refractivity contribution in [1.29, 1.82) is 0 Å². The number of halogens is 2. The van der Waals surface area contributed by atoms with Gasteiger partial charge in [0.25, 0.3) is 5.91 Å². The standard InChI is InChI=1S/C16H14F2N2O3/c17-11-4-1-5-12(18)15(11)13-7-14(23-20-13)16(21)19-8-10-3-2-6-22-9-10/h1,3-5,7H,2,6,8-9H2,(H,19,21). The molecule has 2 heterocycles. The van der Waals surface area contributed by atoms with E-state index in [1.54, 1.807) is 0 Å². The van der Waals surface area contributed by atoms with Crippen LogP contribution in [0.25, 0.3) is 11.3 Å². The second kappa shape index (κ2) is 6.70. The fourth-order valence-corrected chi connectivity index (χ4v) is 2.26. The third kappa shape index (κ3) is 3.45. The Morgan fingerprint density at radius 2 is 2.09 bits per heavy atom. The highest BCUT2D eigenvalue weighted by Gasteiger charge is 2.19. The molecule has 0 bridgehead atoms. The molecule has 3 rings (SSSR count). The van der Waals surface area contributed by atoms with E-state index in [4.69, 9.17) is 9.26 Å². The highest BCUT2D eigenvalue weighted by molar-refractivity contribution is 5.92. The van der Waals surface area contributed by atoms with E-state index >= 15 is 0 Å². The zero-order chi connectivity index (χ0) is 16.2. The van der Waals surface area contributed by atoms with Crippen molar-refractivity contribution in [2.24, 2.45) is 0 Å². The number of carbonyl (C=O) groups is 1. The van der Waals surface area contributed by atoms with Gasteiger partial charge in [0.15, 0.2) is 0 Å². The molecule has 0 aliphatic carbocycles. The van der Waals surface area contributed by atoms with Gasteiger partial charge in [-0.05, 0) is 24.1 Å². The number of nitrogens with one attached hydrogen (secondary N) is 1. The monoisotopic (exact) mass is 320 g/mol. The van der Waals surface area contributed by atoms with Crippen molar-refractivity contribution in [3.8, 4) is 11.3 Å². The summed E-state index contributed by atoms with van der Waals surface area (Å²) in [6.45, 7) is 1.47. The molecule has 1 aromatic heterocycles. The first-order valence-electron chi connectivity index (χ1n) is 7.10. The van der Waals surface area contributed by atoms with Crippen LogP contribution in [0.5, 0.6) is 0 Å². The topological polar surface area (TPSA) is 64.4 Å². The largest absolute Gasteiger partial charge is 0.377 e. The summed E-state index contributed by atoms with van der Waals surface area (Å²) in [6, 6.07) is 4.69. The summed E-state index contributed by atoms with van der Waals surface area (Å²) in [5, 5.41) is 6.22. The van der Waals surface area contributed by atoms with Crippen molar-refractivity contribution in [2.75, 3.05) is 19.8 Å². The molecule has 120 valence electrons. The molecule has 5 nitrogen and oxygen atoms in total. The van der Waals surface area contributed by atoms with Gasteiger partial charge in [-0.25, -0.2) is 8.78 Å². The van der Waals surface area contributed by atoms with Crippen molar-refractivity contribution in [3.05, 3.63) is 53.3 Å². The molecule has 0 atom stereocenters. The molecule has 23 heavy (non-hydrogen) atoms. The predicted octanol–water partition coefficient (Wildman–Crippen LogP) is 2.70. The zero-order valence-electron chi connectivity index (χ0n) is 12.1. The Bertz CT molecular complexity index is 735. The lowest BCUT2D eigenvalue weighted by Gasteiger charge is -2.13. The van der Waals surface area contributed by atoms with Gasteiger partial charge in [-0.15, -0.1) is 0 Å². The van der Waals surface area contributed by atoms with Crippen LogP contribution in [0.4, 0.5) is 8.78 Å². The predicted molar refractivity (Wildman–Crippen MR) is 77.7 cm³/mol. The second-order valence-corrected chi connectivity index (χ2v) is 5.06. The molecule has 1 aliphatic rings. The summed E-state index contributed by atoms with van der Waals surface area (Å²) in [4.78, 5) is 12.0. The van der Waals surface area contributed by atoms with E-state index in [1.165, 1.54) is 12.1 Å². The lowest BCUT2D eigenvalue weighted by molar-refractivity contribution is 0.0915. The number of ether oxygens (including phenoxy) is 1. The lowest BCUT2D eigenvalue weighted by atomic mass is 10.1. The van der Waals surface area contributed by atoms with Crippen molar-refractivity contribution in [2.45, 2.75) is 6.42 Å². The molecular formula is C16H14F2N2O3. The number of nitrogens with zero attached hydrogens (tertiary/aromatic N) is 1. The van der Waals surface area contributed by atoms with E-state index in [2.05, 4.69) is 10.5 Å². The Hall–Kier alpha value is -2.54. The second-order valence-electron chi connectivity index (χ2n) is 5.06. The quantitative estimate of drug-likeness (QED) is 0.880. The molecule has 1 aliphatic heterocycles. The average Bonchev–Trinajstić information content (AvgIpc) is 3.03. The Labute approximate surface area is 130 Å². The molecule has 1 N–H and O–H groups in total. The third-order valence-electron chi connectivity index (χ3n) is 3.41. The van der Waals surface area contributed by atoms with Crippen LogP contribution in [0, 0.1) is 11.6 Å². The van der Waals surface area contributed by atoms with E-state index in [-0.39, 0.29) is 17.0 Å². The molecule has 0 unspecified atom stereocenters. The number of benzene rings is 1. The molecule has 2 aromatic rings. The van der Waals surface area contributed by atoms with Gasteiger partial charge in [0.2, 0.25) is 5.76 Å². The number of hydrogen-bond acceptors (Lipinski definition) is 4. The highest BCUT2D eigenvalue weighted by Crippen LogP contribution is 2.25. The molecule has 0 radical (unpaired) electrons. The van der Waals surface area contributed by atoms with Crippen LogP contribution in [0.1, 0.15) is 17.0 Å². The summed E-state index contributed by atoms with van der Waals surface area (Å²) < 4.78 is 37.5. The molecule has 0 saturated heterocycles. The zero-order valence-corrected chi connectivity index (χ0v) is 12.1. The number of aromatic nitrogens is 1. The summed E-state index contributed by atoms with van der Waals surface area (Å²) in [5.41, 5.74) is 0.578. The van der Waals surface area contributed by atoms with Crippen LogP contribution in [-0.2, 0) is 4.74 Å². The minimum atomic E-state index is -0.769. The fraction of sp³-hybridized carbons (Fsp3) is 0.250. The Morgan fingerprint density at radius 3 is 2.78 bits per heavy atom. The van der Waals surface area contributed by atoms with E-state index in [9.17, 15) is 13.6 Å². The van der Waals surface area contributed by atoms with Crippen molar-refractivity contribution in [1.82, 2.24) is 10.5 Å². The third-order valence-corrected chi connectivity index (χ3v) is 3.41. The molecule has 0 spiro atoms. The molecule has 1 amide bonds. The van der Waals surface area contributed by atoms with Gasteiger partial charge in [-0.3, -0.25) is 4.79 Å². The average molecular weight is 320 g/mol. The minimum Gasteiger partial charge on any atom is -0.377 e. The first-order chi connectivity index (χ1) is 11.1. The van der Waals surface area contributed by atoms with E-state index in [0.717, 1.165) is 24.1 Å². The Morgan fingerprint density at radius 1 is 1.30 bits per heavy atom. The summed E-state index contributed by atoms with van der Waals surface area (Å²) >= 11 is 0. The van der Waals surface area contributed by atoms with Crippen molar-refractivity contribution < 1.29 is 22.8 Å². The van der Waals surface area contributed by atoms with Gasteiger partial charge in [0.1, 0.15) is 17.3 Å². The van der Waals surface area contributed by atoms with Crippen LogP contribution in [-0.4, -0.2) is 30.8 Å². The van der Waals surface area contributed by atoms with Gasteiger partial charge >= 0.3 is 0 Å². The number of rotatable bonds is 4. The maximum absolute atomic E-state index is 13.7. The van der Waals surface area contributed by atoms with Gasteiger partial charge in [-0.2, -0.15) is 0 Å². The fourth-order valence-electron chi connectivity index (χ4n) is 2.26. The first-order valence-corrected chi connectivity index (χ1v) is 7.10. The summed E-state index contributed by atoms with van der Waals surface area (Å²) in [7, 11) is 0. The van der Waals surface area contributed by atoms with Crippen molar-refractivity contribution >= 4 is 5.91 Å². The van der Waals surface area contributed by atoms with Crippen LogP contribution in [0.15, 0.2) is 40.4 Å².